The lowest BCUT2D eigenvalue weighted by Gasteiger charge is -2.22. The number of imide groups is 1. The molecule has 27 heavy (non-hydrogen) atoms. The highest BCUT2D eigenvalue weighted by Crippen LogP contribution is 2.30. The van der Waals surface area contributed by atoms with E-state index in [1.807, 2.05) is 36.4 Å². The fourth-order valence-corrected chi connectivity index (χ4v) is 5.79. The molecule has 2 amide bonds. The zero-order chi connectivity index (χ0) is 19.0. The molecule has 8 heteroatoms. The molecule has 0 bridgehead atoms. The molecule has 0 spiro atoms. The van der Waals surface area contributed by atoms with Gasteiger partial charge in [0, 0.05) is 13.1 Å². The van der Waals surface area contributed by atoms with Gasteiger partial charge in [0.05, 0.1) is 16.7 Å². The summed E-state index contributed by atoms with van der Waals surface area (Å²) in [6, 6.07) is 16.1. The van der Waals surface area contributed by atoms with E-state index in [2.05, 4.69) is 0 Å². The number of hydrogen-bond donors (Lipinski definition) is 0. The van der Waals surface area contributed by atoms with Crippen LogP contribution in [0.15, 0.2) is 59.5 Å². The van der Waals surface area contributed by atoms with Crippen LogP contribution in [0.2, 0.25) is 0 Å². The van der Waals surface area contributed by atoms with E-state index >= 15 is 0 Å². The van der Waals surface area contributed by atoms with E-state index in [0.29, 0.717) is 13.0 Å². The summed E-state index contributed by atoms with van der Waals surface area (Å²) in [7, 11) is -3.69. The lowest BCUT2D eigenvalue weighted by Crippen LogP contribution is -2.41. The van der Waals surface area contributed by atoms with E-state index in [1.54, 1.807) is 18.2 Å². The fraction of sp³-hybridized carbons (Fsp3) is 0.263. The lowest BCUT2D eigenvalue weighted by atomic mass is 10.1. The SMILES string of the molecule is O=C1CSC(=O)N1C1CCN(S(=O)(=O)c2cccc(-c3ccccc3)c2)C1. The molecule has 140 valence electrons. The van der Waals surface area contributed by atoms with Crippen LogP contribution in [0.1, 0.15) is 6.42 Å². The van der Waals surface area contributed by atoms with E-state index in [9.17, 15) is 18.0 Å². The van der Waals surface area contributed by atoms with Gasteiger partial charge in [0.2, 0.25) is 15.9 Å². The van der Waals surface area contributed by atoms with E-state index < -0.39 is 10.0 Å². The molecule has 0 saturated carbocycles. The molecule has 2 heterocycles. The van der Waals surface area contributed by atoms with E-state index in [0.717, 1.165) is 22.9 Å². The van der Waals surface area contributed by atoms with E-state index in [-0.39, 0.29) is 34.4 Å². The maximum absolute atomic E-state index is 13.1. The molecule has 0 aliphatic carbocycles. The molecular weight excluding hydrogens is 384 g/mol. The van der Waals surface area contributed by atoms with Crippen molar-refractivity contribution in [2.24, 2.45) is 0 Å². The predicted molar refractivity (Wildman–Crippen MR) is 104 cm³/mol. The van der Waals surface area contributed by atoms with Gasteiger partial charge in [-0.25, -0.2) is 8.42 Å². The van der Waals surface area contributed by atoms with Crippen molar-refractivity contribution in [1.29, 1.82) is 0 Å². The molecule has 4 rings (SSSR count). The number of amides is 2. The Morgan fingerprint density at radius 3 is 2.41 bits per heavy atom. The van der Waals surface area contributed by atoms with Crippen molar-refractivity contribution >= 4 is 32.9 Å². The van der Waals surface area contributed by atoms with Crippen molar-refractivity contribution in [3.63, 3.8) is 0 Å². The normalized spacial score (nSPS) is 21.2. The third-order valence-corrected chi connectivity index (χ3v) is 7.55. The zero-order valence-corrected chi connectivity index (χ0v) is 16.1. The van der Waals surface area contributed by atoms with Gasteiger partial charge in [-0.05, 0) is 29.7 Å². The molecule has 2 aliphatic rings. The number of thioether (sulfide) groups is 1. The average Bonchev–Trinajstić information content (AvgIpc) is 3.29. The van der Waals surface area contributed by atoms with Crippen LogP contribution in [0.5, 0.6) is 0 Å². The Morgan fingerprint density at radius 1 is 0.963 bits per heavy atom. The predicted octanol–water partition coefficient (Wildman–Crippen LogP) is 2.81. The van der Waals surface area contributed by atoms with Gasteiger partial charge in [-0.3, -0.25) is 14.5 Å². The fourth-order valence-electron chi connectivity index (χ4n) is 3.47. The minimum atomic E-state index is -3.69. The Kier molecular flexibility index (Phi) is 4.79. The maximum Gasteiger partial charge on any atom is 0.289 e. The number of nitrogens with zero attached hydrogens (tertiary/aromatic N) is 2. The van der Waals surface area contributed by atoms with Gasteiger partial charge >= 0.3 is 0 Å². The molecule has 2 aromatic carbocycles. The minimum absolute atomic E-state index is 0.140. The quantitative estimate of drug-likeness (QED) is 0.786. The molecule has 1 unspecified atom stereocenters. The molecule has 0 N–H and O–H groups in total. The van der Waals surface area contributed by atoms with Crippen molar-refractivity contribution in [3.8, 4) is 11.1 Å². The number of rotatable bonds is 4. The summed E-state index contributed by atoms with van der Waals surface area (Å²) in [6.07, 6.45) is 0.468. The third kappa shape index (κ3) is 3.40. The highest BCUT2D eigenvalue weighted by Gasteiger charge is 2.42. The number of benzene rings is 2. The monoisotopic (exact) mass is 402 g/mol. The Labute approximate surface area is 162 Å². The largest absolute Gasteiger partial charge is 0.289 e. The van der Waals surface area contributed by atoms with Gasteiger partial charge < -0.3 is 0 Å². The number of carbonyl (C=O) groups excluding carboxylic acids is 2. The van der Waals surface area contributed by atoms with Crippen LogP contribution in [0.3, 0.4) is 0 Å². The lowest BCUT2D eigenvalue weighted by molar-refractivity contribution is -0.126. The van der Waals surface area contributed by atoms with Gasteiger partial charge in [0.15, 0.2) is 0 Å². The second-order valence-electron chi connectivity index (χ2n) is 6.52. The Morgan fingerprint density at radius 2 is 1.70 bits per heavy atom. The molecular formula is C19H18N2O4S2. The molecule has 0 radical (unpaired) electrons. The van der Waals surface area contributed by atoms with Crippen LogP contribution in [-0.4, -0.2) is 53.7 Å². The molecule has 2 aromatic rings. The zero-order valence-electron chi connectivity index (χ0n) is 14.4. The first-order valence-electron chi connectivity index (χ1n) is 8.61. The highest BCUT2D eigenvalue weighted by molar-refractivity contribution is 8.14. The average molecular weight is 402 g/mol. The van der Waals surface area contributed by atoms with Crippen molar-refractivity contribution in [2.45, 2.75) is 17.4 Å². The van der Waals surface area contributed by atoms with Gasteiger partial charge in [0.25, 0.3) is 5.24 Å². The summed E-state index contributed by atoms with van der Waals surface area (Å²) in [4.78, 5) is 25.3. The summed E-state index contributed by atoms with van der Waals surface area (Å²) in [5.74, 6) is -0.0957. The van der Waals surface area contributed by atoms with Gasteiger partial charge in [-0.2, -0.15) is 4.31 Å². The summed E-state index contributed by atoms with van der Waals surface area (Å²) in [6.45, 7) is 0.445. The Balaban J connectivity index is 1.58. The van der Waals surface area contributed by atoms with Crippen LogP contribution >= 0.6 is 11.8 Å². The first kappa shape index (κ1) is 18.2. The van der Waals surface area contributed by atoms with E-state index in [1.165, 1.54) is 9.21 Å². The summed E-state index contributed by atoms with van der Waals surface area (Å²) in [5, 5.41) is -0.282. The van der Waals surface area contributed by atoms with E-state index in [4.69, 9.17) is 0 Å². The summed E-state index contributed by atoms with van der Waals surface area (Å²) < 4.78 is 27.5. The van der Waals surface area contributed by atoms with Gasteiger partial charge in [-0.1, -0.05) is 54.2 Å². The Hall–Kier alpha value is -2.16. The summed E-state index contributed by atoms with van der Waals surface area (Å²) >= 11 is 0.974. The third-order valence-electron chi connectivity index (χ3n) is 4.85. The van der Waals surface area contributed by atoms with Crippen LogP contribution in [0.25, 0.3) is 11.1 Å². The Bertz CT molecular complexity index is 976. The van der Waals surface area contributed by atoms with Crippen LogP contribution in [0.4, 0.5) is 4.79 Å². The molecule has 0 aromatic heterocycles. The van der Waals surface area contributed by atoms with Gasteiger partial charge in [0.1, 0.15) is 0 Å². The van der Waals surface area contributed by atoms with Crippen LogP contribution in [0, 0.1) is 0 Å². The second kappa shape index (κ2) is 7.10. The topological polar surface area (TPSA) is 74.8 Å². The second-order valence-corrected chi connectivity index (χ2v) is 9.38. The number of carbonyl (C=O) groups is 2. The minimum Gasteiger partial charge on any atom is -0.273 e. The summed E-state index contributed by atoms with van der Waals surface area (Å²) in [5.41, 5.74) is 1.77. The molecule has 2 saturated heterocycles. The smallest absolute Gasteiger partial charge is 0.273 e. The maximum atomic E-state index is 13.1. The molecule has 2 aliphatic heterocycles. The van der Waals surface area contributed by atoms with Gasteiger partial charge in [-0.15, -0.1) is 0 Å². The first-order chi connectivity index (χ1) is 13.0. The van der Waals surface area contributed by atoms with Crippen molar-refractivity contribution < 1.29 is 18.0 Å². The standard InChI is InChI=1S/C19H18N2O4S2/c22-18-13-26-19(23)21(18)16-9-10-20(12-16)27(24,25)17-8-4-7-15(11-17)14-5-2-1-3-6-14/h1-8,11,16H,9-10,12-13H2. The van der Waals surface area contributed by atoms with Crippen LogP contribution < -0.4 is 0 Å². The number of sulfonamides is 1. The molecule has 1 atom stereocenters. The highest BCUT2D eigenvalue weighted by atomic mass is 32.2. The number of hydrogen-bond acceptors (Lipinski definition) is 5. The van der Waals surface area contributed by atoms with Crippen molar-refractivity contribution in [3.05, 3.63) is 54.6 Å². The molecule has 2 fully saturated rings. The first-order valence-corrected chi connectivity index (χ1v) is 11.0. The van der Waals surface area contributed by atoms with Crippen LogP contribution in [-0.2, 0) is 14.8 Å². The molecule has 6 nitrogen and oxygen atoms in total. The van der Waals surface area contributed by atoms with Crippen molar-refractivity contribution in [1.82, 2.24) is 9.21 Å². The van der Waals surface area contributed by atoms with Crippen molar-refractivity contribution in [2.75, 3.05) is 18.8 Å².